The minimum absolute atomic E-state index is 0.230. The zero-order valence-electron chi connectivity index (χ0n) is 10.0. The lowest BCUT2D eigenvalue weighted by Gasteiger charge is -2.23. The Labute approximate surface area is 110 Å². The Kier molecular flexibility index (Phi) is 4.21. The molecule has 17 heavy (non-hydrogen) atoms. The first-order valence-electron chi connectivity index (χ1n) is 6.10. The van der Waals surface area contributed by atoms with Crippen molar-refractivity contribution in [2.75, 3.05) is 7.11 Å². The van der Waals surface area contributed by atoms with Crippen LogP contribution in [-0.4, -0.2) is 13.1 Å². The lowest BCUT2D eigenvalue weighted by Crippen LogP contribution is -2.12. The van der Waals surface area contributed by atoms with Crippen molar-refractivity contribution >= 4 is 21.9 Å². The maximum Gasteiger partial charge on any atom is 0.338 e. The fourth-order valence-corrected chi connectivity index (χ4v) is 2.95. The lowest BCUT2D eigenvalue weighted by molar-refractivity contribution is 0.0598. The van der Waals surface area contributed by atoms with Crippen molar-refractivity contribution in [2.24, 2.45) is 0 Å². The molecule has 0 unspecified atom stereocenters. The van der Waals surface area contributed by atoms with Crippen LogP contribution in [0.5, 0.6) is 0 Å². The molecule has 0 amide bonds. The molecule has 1 saturated carbocycles. The van der Waals surface area contributed by atoms with Gasteiger partial charge < -0.3 is 4.74 Å². The third-order valence-corrected chi connectivity index (χ3v) is 3.96. The topological polar surface area (TPSA) is 26.3 Å². The van der Waals surface area contributed by atoms with Gasteiger partial charge in [-0.15, -0.1) is 0 Å². The van der Waals surface area contributed by atoms with Gasteiger partial charge in [-0.2, -0.15) is 0 Å². The van der Waals surface area contributed by atoms with E-state index in [-0.39, 0.29) is 5.97 Å². The monoisotopic (exact) mass is 296 g/mol. The van der Waals surface area contributed by atoms with Gasteiger partial charge in [0.25, 0.3) is 0 Å². The van der Waals surface area contributed by atoms with E-state index in [1.165, 1.54) is 39.2 Å². The highest BCUT2D eigenvalue weighted by Crippen LogP contribution is 2.35. The van der Waals surface area contributed by atoms with Crippen molar-refractivity contribution in [3.63, 3.8) is 0 Å². The van der Waals surface area contributed by atoms with Gasteiger partial charge in [0.05, 0.1) is 12.7 Å². The van der Waals surface area contributed by atoms with Gasteiger partial charge in [0, 0.05) is 4.47 Å². The highest BCUT2D eigenvalue weighted by Gasteiger charge is 2.21. The maximum atomic E-state index is 11.8. The van der Waals surface area contributed by atoms with E-state index in [2.05, 4.69) is 22.0 Å². The first-order chi connectivity index (χ1) is 8.22. The summed E-state index contributed by atoms with van der Waals surface area (Å²) in [6.45, 7) is 0. The fraction of sp³-hybridized carbons (Fsp3) is 0.500. The maximum absolute atomic E-state index is 11.8. The van der Waals surface area contributed by atoms with Crippen LogP contribution in [-0.2, 0) is 4.74 Å². The van der Waals surface area contributed by atoms with Crippen molar-refractivity contribution in [1.82, 2.24) is 0 Å². The Hall–Kier alpha value is -0.830. The number of methoxy groups -OCH3 is 1. The van der Waals surface area contributed by atoms with Gasteiger partial charge in [-0.05, 0) is 36.5 Å². The lowest BCUT2D eigenvalue weighted by atomic mass is 9.82. The zero-order chi connectivity index (χ0) is 12.3. The van der Waals surface area contributed by atoms with E-state index in [1.54, 1.807) is 0 Å². The first-order valence-corrected chi connectivity index (χ1v) is 6.89. The summed E-state index contributed by atoms with van der Waals surface area (Å²) in [5, 5.41) is 0. The van der Waals surface area contributed by atoms with Crippen molar-refractivity contribution in [3.8, 4) is 0 Å². The van der Waals surface area contributed by atoms with Crippen LogP contribution < -0.4 is 0 Å². The summed E-state index contributed by atoms with van der Waals surface area (Å²) in [6.07, 6.45) is 6.22. The highest BCUT2D eigenvalue weighted by molar-refractivity contribution is 9.10. The predicted molar refractivity (Wildman–Crippen MR) is 71.3 cm³/mol. The van der Waals surface area contributed by atoms with E-state index in [1.807, 2.05) is 12.1 Å². The van der Waals surface area contributed by atoms with Crippen LogP contribution in [0, 0.1) is 0 Å². The molecule has 2 rings (SSSR count). The number of carbonyl (C=O) groups excluding carboxylic acids is 1. The first kappa shape index (κ1) is 12.6. The highest BCUT2D eigenvalue weighted by atomic mass is 79.9. The number of ether oxygens (including phenoxy) is 1. The molecule has 1 fully saturated rings. The van der Waals surface area contributed by atoms with Crippen LogP contribution in [0.15, 0.2) is 22.7 Å². The number of halogens is 1. The van der Waals surface area contributed by atoms with Gasteiger partial charge in [-0.3, -0.25) is 0 Å². The number of carbonyl (C=O) groups is 1. The molecule has 1 aliphatic rings. The van der Waals surface area contributed by atoms with Gasteiger partial charge in [0.1, 0.15) is 0 Å². The molecular formula is C14H17BrO2. The van der Waals surface area contributed by atoms with Crippen molar-refractivity contribution < 1.29 is 9.53 Å². The second kappa shape index (κ2) is 5.67. The molecule has 0 aliphatic heterocycles. The number of hydrogen-bond acceptors (Lipinski definition) is 2. The average Bonchev–Trinajstić information content (AvgIpc) is 2.38. The Morgan fingerprint density at radius 1 is 1.29 bits per heavy atom. The minimum atomic E-state index is -0.230. The molecule has 1 aromatic rings. The molecule has 2 nitrogen and oxygen atoms in total. The van der Waals surface area contributed by atoms with E-state index in [9.17, 15) is 4.79 Å². The van der Waals surface area contributed by atoms with Crippen LogP contribution in [0.3, 0.4) is 0 Å². The summed E-state index contributed by atoms with van der Waals surface area (Å²) in [6, 6.07) is 5.94. The smallest absolute Gasteiger partial charge is 0.338 e. The minimum Gasteiger partial charge on any atom is -0.465 e. The van der Waals surface area contributed by atoms with Crippen LogP contribution >= 0.6 is 15.9 Å². The molecule has 3 heteroatoms. The Morgan fingerprint density at radius 3 is 2.65 bits per heavy atom. The third kappa shape index (κ3) is 2.89. The van der Waals surface area contributed by atoms with Gasteiger partial charge in [0.15, 0.2) is 0 Å². The summed E-state index contributed by atoms with van der Waals surface area (Å²) in [4.78, 5) is 11.8. The molecular weight excluding hydrogens is 280 g/mol. The van der Waals surface area contributed by atoms with Gasteiger partial charge >= 0.3 is 5.97 Å². The van der Waals surface area contributed by atoms with Gasteiger partial charge in [0.2, 0.25) is 0 Å². The number of hydrogen-bond donors (Lipinski definition) is 0. The van der Waals surface area contributed by atoms with E-state index >= 15 is 0 Å². The van der Waals surface area contributed by atoms with Crippen LogP contribution in [0.2, 0.25) is 0 Å². The van der Waals surface area contributed by atoms with Crippen LogP contribution in [0.4, 0.5) is 0 Å². The van der Waals surface area contributed by atoms with Crippen molar-refractivity contribution in [1.29, 1.82) is 0 Å². The Balaban J connectivity index is 2.34. The zero-order valence-corrected chi connectivity index (χ0v) is 11.6. The molecule has 0 aromatic heterocycles. The predicted octanol–water partition coefficient (Wildman–Crippen LogP) is 4.28. The Bertz CT molecular complexity index is 409. The van der Waals surface area contributed by atoms with E-state index in [0.717, 1.165) is 10.0 Å². The van der Waals surface area contributed by atoms with Gasteiger partial charge in [-0.25, -0.2) is 4.79 Å². The second-order valence-corrected chi connectivity index (χ2v) is 5.47. The van der Waals surface area contributed by atoms with Crippen LogP contribution in [0.1, 0.15) is 53.9 Å². The SMILES string of the molecule is COC(=O)c1cc(Br)ccc1C1CCCCC1. The van der Waals surface area contributed by atoms with E-state index in [0.29, 0.717) is 11.5 Å². The fourth-order valence-electron chi connectivity index (χ4n) is 2.58. The molecule has 0 N–H and O–H groups in total. The Morgan fingerprint density at radius 2 is 2.00 bits per heavy atom. The average molecular weight is 297 g/mol. The van der Waals surface area contributed by atoms with E-state index in [4.69, 9.17) is 4.74 Å². The number of benzene rings is 1. The van der Waals surface area contributed by atoms with Crippen molar-refractivity contribution in [3.05, 3.63) is 33.8 Å². The molecule has 1 aromatic carbocycles. The molecule has 92 valence electrons. The summed E-state index contributed by atoms with van der Waals surface area (Å²) in [5.41, 5.74) is 1.87. The summed E-state index contributed by atoms with van der Waals surface area (Å²) in [5.74, 6) is 0.290. The molecule has 0 heterocycles. The molecule has 0 saturated heterocycles. The van der Waals surface area contributed by atoms with Gasteiger partial charge in [-0.1, -0.05) is 41.3 Å². The molecule has 0 radical (unpaired) electrons. The molecule has 0 atom stereocenters. The summed E-state index contributed by atoms with van der Waals surface area (Å²) in [7, 11) is 1.44. The van der Waals surface area contributed by atoms with Crippen LogP contribution in [0.25, 0.3) is 0 Å². The summed E-state index contributed by atoms with van der Waals surface area (Å²) >= 11 is 3.41. The third-order valence-electron chi connectivity index (χ3n) is 3.47. The van der Waals surface area contributed by atoms with Crippen molar-refractivity contribution in [2.45, 2.75) is 38.0 Å². The van der Waals surface area contributed by atoms with E-state index < -0.39 is 0 Å². The molecule has 0 bridgehead atoms. The summed E-state index contributed by atoms with van der Waals surface area (Å²) < 4.78 is 5.79. The molecule has 0 spiro atoms. The normalized spacial score (nSPS) is 16.8. The number of esters is 1. The standard InChI is InChI=1S/C14H17BrO2/c1-17-14(16)13-9-11(15)7-8-12(13)10-5-3-2-4-6-10/h7-10H,2-6H2,1H3. The quantitative estimate of drug-likeness (QED) is 0.761. The second-order valence-electron chi connectivity index (χ2n) is 4.56. The molecule has 1 aliphatic carbocycles. The number of rotatable bonds is 2. The largest absolute Gasteiger partial charge is 0.465 e.